The van der Waals surface area contributed by atoms with E-state index in [-0.39, 0.29) is 17.9 Å². The van der Waals surface area contributed by atoms with E-state index in [4.69, 9.17) is 10.5 Å². The van der Waals surface area contributed by atoms with Crippen LogP contribution < -0.4 is 15.8 Å². The summed E-state index contributed by atoms with van der Waals surface area (Å²) in [6.07, 6.45) is 3.50. The third-order valence-corrected chi connectivity index (χ3v) is 4.70. The fourth-order valence-electron chi connectivity index (χ4n) is 3.70. The molecule has 2 aliphatic carbocycles. The molecule has 1 aromatic rings. The first-order chi connectivity index (χ1) is 9.75. The molecule has 0 aromatic heterocycles. The van der Waals surface area contributed by atoms with Crippen molar-refractivity contribution in [1.82, 2.24) is 5.32 Å². The molecule has 2 aliphatic rings. The molecule has 108 valence electrons. The number of amides is 1. The van der Waals surface area contributed by atoms with Crippen LogP contribution in [0.4, 0.5) is 0 Å². The maximum Gasteiger partial charge on any atom is 0.225 e. The molecule has 2 saturated carbocycles. The van der Waals surface area contributed by atoms with Crippen LogP contribution in [0.3, 0.4) is 0 Å². The Morgan fingerprint density at radius 1 is 1.25 bits per heavy atom. The lowest BCUT2D eigenvalue weighted by atomic mass is 9.84. The van der Waals surface area contributed by atoms with Gasteiger partial charge in [-0.1, -0.05) is 18.2 Å². The summed E-state index contributed by atoms with van der Waals surface area (Å²) in [7, 11) is 0. The Hall–Kier alpha value is -1.55. The van der Waals surface area contributed by atoms with Crippen LogP contribution in [-0.2, 0) is 4.79 Å². The van der Waals surface area contributed by atoms with Crippen molar-refractivity contribution in [3.05, 3.63) is 30.3 Å². The van der Waals surface area contributed by atoms with Gasteiger partial charge in [0.15, 0.2) is 0 Å². The molecule has 3 rings (SSSR count). The summed E-state index contributed by atoms with van der Waals surface area (Å²) >= 11 is 0. The van der Waals surface area contributed by atoms with Gasteiger partial charge in [-0.2, -0.15) is 0 Å². The van der Waals surface area contributed by atoms with Crippen LogP contribution in [0.25, 0.3) is 0 Å². The maximum absolute atomic E-state index is 12.2. The van der Waals surface area contributed by atoms with E-state index in [1.807, 2.05) is 30.3 Å². The Balaban J connectivity index is 1.42. The van der Waals surface area contributed by atoms with Crippen molar-refractivity contribution in [2.24, 2.45) is 23.5 Å². The average molecular weight is 274 g/mol. The molecule has 0 spiro atoms. The molecule has 2 bridgehead atoms. The number of fused-ring (bicyclic) bond motifs is 2. The molecule has 4 unspecified atom stereocenters. The van der Waals surface area contributed by atoms with Gasteiger partial charge in [0.25, 0.3) is 0 Å². The van der Waals surface area contributed by atoms with Crippen LogP contribution in [0.15, 0.2) is 30.3 Å². The highest BCUT2D eigenvalue weighted by atomic mass is 16.5. The number of nitrogens with two attached hydrogens (primary N) is 1. The van der Waals surface area contributed by atoms with Crippen molar-refractivity contribution in [2.45, 2.75) is 25.3 Å². The van der Waals surface area contributed by atoms with Crippen molar-refractivity contribution in [2.75, 3.05) is 13.2 Å². The number of hydrogen-bond donors (Lipinski definition) is 2. The number of rotatable bonds is 5. The third-order valence-electron chi connectivity index (χ3n) is 4.70. The van der Waals surface area contributed by atoms with E-state index < -0.39 is 0 Å². The fraction of sp³-hybridized carbons (Fsp3) is 0.562. The molecule has 0 saturated heterocycles. The number of benzene rings is 1. The van der Waals surface area contributed by atoms with Crippen molar-refractivity contribution >= 4 is 5.91 Å². The van der Waals surface area contributed by atoms with Gasteiger partial charge in [0.05, 0.1) is 12.5 Å². The minimum absolute atomic E-state index is 0.0190. The van der Waals surface area contributed by atoms with Crippen molar-refractivity contribution < 1.29 is 9.53 Å². The summed E-state index contributed by atoms with van der Waals surface area (Å²) in [4.78, 5) is 12.2. The Bertz CT molecular complexity index is 461. The van der Waals surface area contributed by atoms with Crippen molar-refractivity contribution in [3.8, 4) is 5.75 Å². The lowest BCUT2D eigenvalue weighted by Crippen LogP contribution is -2.46. The number of para-hydroxylation sites is 1. The predicted molar refractivity (Wildman–Crippen MR) is 77.2 cm³/mol. The zero-order valence-electron chi connectivity index (χ0n) is 11.6. The fourth-order valence-corrected chi connectivity index (χ4v) is 3.70. The zero-order chi connectivity index (χ0) is 13.9. The summed E-state index contributed by atoms with van der Waals surface area (Å²) in [5.74, 6) is 2.03. The quantitative estimate of drug-likeness (QED) is 0.801. The Kier molecular flexibility index (Phi) is 3.92. The summed E-state index contributed by atoms with van der Waals surface area (Å²) < 4.78 is 5.56. The van der Waals surface area contributed by atoms with Gasteiger partial charge in [0, 0.05) is 6.04 Å². The Morgan fingerprint density at radius 2 is 2.00 bits per heavy atom. The minimum Gasteiger partial charge on any atom is -0.492 e. The number of hydrogen-bond acceptors (Lipinski definition) is 3. The van der Waals surface area contributed by atoms with E-state index in [0.717, 1.165) is 18.6 Å². The molecule has 2 fully saturated rings. The van der Waals surface area contributed by atoms with Crippen LogP contribution >= 0.6 is 0 Å². The average Bonchev–Trinajstić information content (AvgIpc) is 3.05. The van der Waals surface area contributed by atoms with Gasteiger partial charge in [0.2, 0.25) is 5.91 Å². The lowest BCUT2D eigenvalue weighted by molar-refractivity contribution is -0.127. The minimum atomic E-state index is 0.0190. The van der Waals surface area contributed by atoms with Gasteiger partial charge in [-0.3, -0.25) is 4.79 Å². The maximum atomic E-state index is 12.2. The Morgan fingerprint density at radius 3 is 2.70 bits per heavy atom. The van der Waals surface area contributed by atoms with Gasteiger partial charge >= 0.3 is 0 Å². The van der Waals surface area contributed by atoms with E-state index in [2.05, 4.69) is 5.32 Å². The second-order valence-electron chi connectivity index (χ2n) is 5.89. The van der Waals surface area contributed by atoms with E-state index >= 15 is 0 Å². The normalized spacial score (nSPS) is 31.2. The summed E-state index contributed by atoms with van der Waals surface area (Å²) in [5, 5.41) is 2.97. The summed E-state index contributed by atoms with van der Waals surface area (Å²) in [5.41, 5.74) is 6.17. The first-order valence-corrected chi connectivity index (χ1v) is 7.47. The molecule has 3 N–H and O–H groups in total. The van der Waals surface area contributed by atoms with Gasteiger partial charge < -0.3 is 15.8 Å². The number of nitrogens with one attached hydrogen (secondary N) is 1. The molecule has 1 aromatic carbocycles. The molecule has 4 atom stereocenters. The van der Waals surface area contributed by atoms with Crippen molar-refractivity contribution in [1.29, 1.82) is 0 Å². The highest BCUT2D eigenvalue weighted by Gasteiger charge is 2.48. The molecular formula is C16H22N2O2. The molecule has 4 heteroatoms. The van der Waals surface area contributed by atoms with Crippen LogP contribution in [0.5, 0.6) is 5.75 Å². The largest absolute Gasteiger partial charge is 0.492 e. The van der Waals surface area contributed by atoms with Crippen LogP contribution in [0.1, 0.15) is 19.3 Å². The lowest BCUT2D eigenvalue weighted by Gasteiger charge is -2.26. The molecule has 0 heterocycles. The third kappa shape index (κ3) is 2.66. The summed E-state index contributed by atoms with van der Waals surface area (Å²) in [6.45, 7) is 1.03. The molecule has 0 radical (unpaired) electrons. The van der Waals surface area contributed by atoms with E-state index in [9.17, 15) is 4.79 Å². The monoisotopic (exact) mass is 274 g/mol. The topological polar surface area (TPSA) is 64.4 Å². The molecule has 4 nitrogen and oxygen atoms in total. The van der Waals surface area contributed by atoms with Crippen LogP contribution in [-0.4, -0.2) is 25.1 Å². The van der Waals surface area contributed by atoms with Gasteiger partial charge in [-0.05, 0) is 43.2 Å². The second kappa shape index (κ2) is 5.83. The number of carbonyl (C=O) groups is 1. The number of ether oxygens (including phenoxy) is 1. The number of carbonyl (C=O) groups excluding carboxylic acids is 1. The van der Waals surface area contributed by atoms with Gasteiger partial charge in [-0.25, -0.2) is 0 Å². The standard InChI is InChI=1S/C16H22N2O2/c17-15-12-7-6-11(10-12)14(15)16(19)18-8-9-20-13-4-2-1-3-5-13/h1-5,11-12,14-15H,6-10,17H2,(H,18,19). The highest BCUT2D eigenvalue weighted by Crippen LogP contribution is 2.47. The highest BCUT2D eigenvalue weighted by molar-refractivity contribution is 5.80. The molecular weight excluding hydrogens is 252 g/mol. The molecule has 1 amide bonds. The first-order valence-electron chi connectivity index (χ1n) is 7.47. The van der Waals surface area contributed by atoms with Crippen LogP contribution in [0.2, 0.25) is 0 Å². The van der Waals surface area contributed by atoms with Gasteiger partial charge in [-0.15, -0.1) is 0 Å². The van der Waals surface area contributed by atoms with Crippen LogP contribution in [0, 0.1) is 17.8 Å². The van der Waals surface area contributed by atoms with E-state index in [1.165, 1.54) is 6.42 Å². The zero-order valence-corrected chi connectivity index (χ0v) is 11.6. The summed E-state index contributed by atoms with van der Waals surface area (Å²) in [6, 6.07) is 9.69. The SMILES string of the molecule is NC1C2CCC(C2)C1C(=O)NCCOc1ccccc1. The second-order valence-corrected chi connectivity index (χ2v) is 5.89. The smallest absolute Gasteiger partial charge is 0.225 e. The predicted octanol–water partition coefficient (Wildman–Crippen LogP) is 1.55. The molecule has 20 heavy (non-hydrogen) atoms. The van der Waals surface area contributed by atoms with E-state index in [1.54, 1.807) is 0 Å². The van der Waals surface area contributed by atoms with E-state index in [0.29, 0.717) is 25.0 Å². The molecule has 0 aliphatic heterocycles. The first kappa shape index (κ1) is 13.4. The Labute approximate surface area is 119 Å². The van der Waals surface area contributed by atoms with Gasteiger partial charge in [0.1, 0.15) is 12.4 Å². The van der Waals surface area contributed by atoms with Crippen molar-refractivity contribution in [3.63, 3.8) is 0 Å².